The predicted molar refractivity (Wildman–Crippen MR) is 53.9 cm³/mol. The highest BCUT2D eigenvalue weighted by atomic mass is 79.9. The molecule has 3 N–H and O–H groups in total. The van der Waals surface area contributed by atoms with Crippen LogP contribution in [0.15, 0.2) is 27.6 Å². The Morgan fingerprint density at radius 3 is 2.50 bits per heavy atom. The number of alkyl halides is 3. The van der Waals surface area contributed by atoms with E-state index in [-0.39, 0.29) is 22.3 Å². The number of hydrogen-bond donors (Lipinski definition) is 2. The van der Waals surface area contributed by atoms with Crippen LogP contribution in [0.25, 0.3) is 0 Å². The molecule has 1 aromatic rings. The van der Waals surface area contributed by atoms with E-state index in [0.717, 1.165) is 0 Å². The molecular formula is C7H6BrF3N2S. The monoisotopic (exact) mass is 286 g/mol. The summed E-state index contributed by atoms with van der Waals surface area (Å²) in [4.78, 5) is 0.0446. The van der Waals surface area contributed by atoms with E-state index < -0.39 is 5.51 Å². The summed E-state index contributed by atoms with van der Waals surface area (Å²) in [6, 6.07) is 4.35. The molecule has 0 aliphatic heterocycles. The van der Waals surface area contributed by atoms with Gasteiger partial charge in [-0.1, -0.05) is 15.9 Å². The van der Waals surface area contributed by atoms with Gasteiger partial charge in [0, 0.05) is 9.37 Å². The van der Waals surface area contributed by atoms with Gasteiger partial charge in [0.15, 0.2) is 0 Å². The van der Waals surface area contributed by atoms with Crippen molar-refractivity contribution in [3.8, 4) is 0 Å². The zero-order valence-electron chi connectivity index (χ0n) is 6.73. The summed E-state index contributed by atoms with van der Waals surface area (Å²) in [6.07, 6.45) is 0. The Hall–Kier alpha value is -0.400. The van der Waals surface area contributed by atoms with E-state index in [0.29, 0.717) is 4.47 Å². The highest BCUT2D eigenvalue weighted by Gasteiger charge is 2.30. The number of hydrazine groups is 1. The van der Waals surface area contributed by atoms with Gasteiger partial charge in [-0.05, 0) is 30.0 Å². The van der Waals surface area contributed by atoms with E-state index in [4.69, 9.17) is 5.84 Å². The van der Waals surface area contributed by atoms with E-state index in [2.05, 4.69) is 21.4 Å². The Morgan fingerprint density at radius 2 is 2.00 bits per heavy atom. The SMILES string of the molecule is NNc1cc(Br)ccc1SC(F)(F)F. The lowest BCUT2D eigenvalue weighted by atomic mass is 10.3. The van der Waals surface area contributed by atoms with Gasteiger partial charge < -0.3 is 5.43 Å². The molecule has 0 atom stereocenters. The number of nitrogens with two attached hydrogens (primary N) is 1. The molecule has 0 amide bonds. The maximum absolute atomic E-state index is 12.0. The zero-order chi connectivity index (χ0) is 10.8. The van der Waals surface area contributed by atoms with Crippen molar-refractivity contribution in [2.45, 2.75) is 10.4 Å². The Kier molecular flexibility index (Phi) is 3.68. The number of hydrogen-bond acceptors (Lipinski definition) is 3. The fourth-order valence-corrected chi connectivity index (χ4v) is 1.80. The standard InChI is InChI=1S/C7H6BrF3N2S/c8-4-1-2-6(5(3-4)13-12)14-7(9,10)11/h1-3,13H,12H2. The molecule has 78 valence electrons. The summed E-state index contributed by atoms with van der Waals surface area (Å²) < 4.78 is 36.8. The van der Waals surface area contributed by atoms with E-state index >= 15 is 0 Å². The molecular weight excluding hydrogens is 281 g/mol. The molecule has 7 heteroatoms. The molecule has 0 fully saturated rings. The van der Waals surface area contributed by atoms with Crippen LogP contribution in [0, 0.1) is 0 Å². The van der Waals surface area contributed by atoms with Crippen LogP contribution in [0.3, 0.4) is 0 Å². The highest BCUT2D eigenvalue weighted by Crippen LogP contribution is 2.40. The average Bonchev–Trinajstić information content (AvgIpc) is 2.06. The first-order valence-electron chi connectivity index (χ1n) is 3.44. The van der Waals surface area contributed by atoms with Gasteiger partial charge in [0.2, 0.25) is 0 Å². The first kappa shape index (κ1) is 11.7. The first-order chi connectivity index (χ1) is 6.42. The van der Waals surface area contributed by atoms with Crippen molar-refractivity contribution < 1.29 is 13.2 Å². The van der Waals surface area contributed by atoms with Crippen molar-refractivity contribution in [1.82, 2.24) is 0 Å². The highest BCUT2D eigenvalue weighted by molar-refractivity contribution is 9.10. The maximum atomic E-state index is 12.0. The molecule has 1 aromatic carbocycles. The Balaban J connectivity index is 2.97. The maximum Gasteiger partial charge on any atom is 0.446 e. The van der Waals surface area contributed by atoms with Gasteiger partial charge in [0.05, 0.1) is 5.69 Å². The van der Waals surface area contributed by atoms with Crippen LogP contribution in [0.1, 0.15) is 0 Å². The fourth-order valence-electron chi connectivity index (χ4n) is 0.829. The average molecular weight is 287 g/mol. The van der Waals surface area contributed by atoms with Crippen LogP contribution in [-0.2, 0) is 0 Å². The molecule has 0 unspecified atom stereocenters. The van der Waals surface area contributed by atoms with Crippen LogP contribution in [-0.4, -0.2) is 5.51 Å². The Labute approximate surface area is 91.1 Å². The van der Waals surface area contributed by atoms with Crippen molar-refractivity contribution in [3.05, 3.63) is 22.7 Å². The third kappa shape index (κ3) is 3.39. The molecule has 0 bridgehead atoms. The smallest absolute Gasteiger partial charge is 0.323 e. The van der Waals surface area contributed by atoms with Gasteiger partial charge in [0.25, 0.3) is 0 Å². The van der Waals surface area contributed by atoms with Crippen molar-refractivity contribution in [2.75, 3.05) is 5.43 Å². The Morgan fingerprint density at radius 1 is 1.36 bits per heavy atom. The minimum Gasteiger partial charge on any atom is -0.323 e. The second-order valence-electron chi connectivity index (χ2n) is 2.33. The number of nitrogens with one attached hydrogen (secondary N) is 1. The number of anilines is 1. The molecule has 2 nitrogen and oxygen atoms in total. The van der Waals surface area contributed by atoms with Crippen LogP contribution in [0.4, 0.5) is 18.9 Å². The third-order valence-electron chi connectivity index (χ3n) is 1.32. The summed E-state index contributed by atoms with van der Waals surface area (Å²) in [5.74, 6) is 5.09. The van der Waals surface area contributed by atoms with E-state index in [1.165, 1.54) is 18.2 Å². The molecule has 0 aliphatic rings. The quantitative estimate of drug-likeness (QED) is 0.497. The molecule has 0 spiro atoms. The summed E-state index contributed by atoms with van der Waals surface area (Å²) in [5.41, 5.74) is -1.86. The van der Waals surface area contributed by atoms with Crippen LogP contribution >= 0.6 is 27.7 Å². The van der Waals surface area contributed by atoms with Gasteiger partial charge in [-0.25, -0.2) is 0 Å². The number of halogens is 4. The van der Waals surface area contributed by atoms with E-state index in [1.807, 2.05) is 0 Å². The second-order valence-corrected chi connectivity index (χ2v) is 4.36. The minimum atomic E-state index is -4.31. The van der Waals surface area contributed by atoms with Crippen molar-refractivity contribution >= 4 is 33.4 Å². The van der Waals surface area contributed by atoms with Crippen LogP contribution < -0.4 is 11.3 Å². The molecule has 14 heavy (non-hydrogen) atoms. The van der Waals surface area contributed by atoms with Gasteiger partial charge in [-0.15, -0.1) is 0 Å². The molecule has 0 aromatic heterocycles. The van der Waals surface area contributed by atoms with Gasteiger partial charge in [-0.2, -0.15) is 13.2 Å². The third-order valence-corrected chi connectivity index (χ3v) is 2.62. The number of rotatable bonds is 2. The topological polar surface area (TPSA) is 38.0 Å². The second kappa shape index (κ2) is 4.41. The Bertz CT molecular complexity index is 329. The molecule has 0 saturated carbocycles. The van der Waals surface area contributed by atoms with E-state index in [1.54, 1.807) is 0 Å². The van der Waals surface area contributed by atoms with Crippen LogP contribution in [0.5, 0.6) is 0 Å². The lowest BCUT2D eigenvalue weighted by Crippen LogP contribution is -2.09. The molecule has 1 rings (SSSR count). The summed E-state index contributed by atoms with van der Waals surface area (Å²) in [6.45, 7) is 0. The first-order valence-corrected chi connectivity index (χ1v) is 5.05. The molecule has 0 saturated heterocycles. The number of thioether (sulfide) groups is 1. The molecule has 0 heterocycles. The van der Waals surface area contributed by atoms with Crippen LogP contribution in [0.2, 0.25) is 0 Å². The normalized spacial score (nSPS) is 11.5. The van der Waals surface area contributed by atoms with Gasteiger partial charge >= 0.3 is 5.51 Å². The zero-order valence-corrected chi connectivity index (χ0v) is 9.13. The lowest BCUT2D eigenvalue weighted by molar-refractivity contribution is -0.0327. The number of benzene rings is 1. The lowest BCUT2D eigenvalue weighted by Gasteiger charge is -2.10. The van der Waals surface area contributed by atoms with Gasteiger partial charge in [0.1, 0.15) is 0 Å². The summed E-state index contributed by atoms with van der Waals surface area (Å²) >= 11 is 2.93. The van der Waals surface area contributed by atoms with Crippen molar-refractivity contribution in [2.24, 2.45) is 5.84 Å². The fraction of sp³-hybridized carbons (Fsp3) is 0.143. The van der Waals surface area contributed by atoms with E-state index in [9.17, 15) is 13.2 Å². The largest absolute Gasteiger partial charge is 0.446 e. The predicted octanol–water partition coefficient (Wildman–Crippen LogP) is 3.35. The number of nitrogen functional groups attached to an aromatic ring is 1. The van der Waals surface area contributed by atoms with Gasteiger partial charge in [-0.3, -0.25) is 5.84 Å². The summed E-state index contributed by atoms with van der Waals surface area (Å²) in [5, 5.41) is 0. The van der Waals surface area contributed by atoms with Crippen molar-refractivity contribution in [1.29, 1.82) is 0 Å². The summed E-state index contributed by atoms with van der Waals surface area (Å²) in [7, 11) is 0. The molecule has 0 radical (unpaired) electrons. The van der Waals surface area contributed by atoms with Crippen molar-refractivity contribution in [3.63, 3.8) is 0 Å². The molecule has 0 aliphatic carbocycles. The minimum absolute atomic E-state index is 0.0446.